The minimum atomic E-state index is 0.140. The molecule has 0 amide bonds. The topological polar surface area (TPSA) is 62.8 Å². The third-order valence-electron chi connectivity index (χ3n) is 6.43. The van der Waals surface area contributed by atoms with Gasteiger partial charge in [0.1, 0.15) is 5.75 Å². The van der Waals surface area contributed by atoms with Gasteiger partial charge in [-0.2, -0.15) is 4.98 Å². The van der Waals surface area contributed by atoms with Gasteiger partial charge in [0, 0.05) is 30.9 Å². The van der Waals surface area contributed by atoms with Crippen LogP contribution in [0.5, 0.6) is 5.75 Å². The molecule has 0 bridgehead atoms. The molecule has 186 valence electrons. The second kappa shape index (κ2) is 12.0. The van der Waals surface area contributed by atoms with Gasteiger partial charge in [-0.15, -0.1) is 0 Å². The molecule has 1 aromatic heterocycles. The summed E-state index contributed by atoms with van der Waals surface area (Å²) in [6.45, 7) is 13.2. The van der Waals surface area contributed by atoms with Gasteiger partial charge in [-0.3, -0.25) is 4.84 Å². The Morgan fingerprint density at radius 2 is 1.83 bits per heavy atom. The molecule has 7 heteroatoms. The smallest absolute Gasteiger partial charge is 0.229 e. The maximum absolute atomic E-state index is 6.14. The summed E-state index contributed by atoms with van der Waals surface area (Å²) in [7, 11) is 0. The summed E-state index contributed by atoms with van der Waals surface area (Å²) < 4.78 is 6.14. The van der Waals surface area contributed by atoms with Gasteiger partial charge < -0.3 is 15.0 Å². The Balaban J connectivity index is 1.42. The lowest BCUT2D eigenvalue weighted by Gasteiger charge is -2.24. The highest BCUT2D eigenvalue weighted by Gasteiger charge is 2.29. The van der Waals surface area contributed by atoms with Crippen LogP contribution in [-0.2, 0) is 4.84 Å². The molecule has 0 aliphatic carbocycles. The van der Waals surface area contributed by atoms with Crippen molar-refractivity contribution in [3.63, 3.8) is 0 Å². The van der Waals surface area contributed by atoms with Gasteiger partial charge >= 0.3 is 0 Å². The number of aromatic nitrogens is 2. The number of hydroxylamine groups is 1. The van der Waals surface area contributed by atoms with E-state index in [4.69, 9.17) is 14.6 Å². The molecule has 1 N–H and O–H groups in total. The van der Waals surface area contributed by atoms with E-state index in [-0.39, 0.29) is 6.04 Å². The first kappa shape index (κ1) is 24.9. The largest absolute Gasteiger partial charge is 0.493 e. The van der Waals surface area contributed by atoms with Gasteiger partial charge in [-0.05, 0) is 62.2 Å². The van der Waals surface area contributed by atoms with Crippen LogP contribution in [0.15, 0.2) is 54.7 Å². The van der Waals surface area contributed by atoms with Crippen LogP contribution in [0, 0.1) is 13.8 Å². The van der Waals surface area contributed by atoms with Crippen LogP contribution in [0.2, 0.25) is 0 Å². The van der Waals surface area contributed by atoms with Crippen molar-refractivity contribution in [2.24, 2.45) is 0 Å². The molecular weight excluding hydrogens is 438 g/mol. The van der Waals surface area contributed by atoms with Gasteiger partial charge in [0.25, 0.3) is 0 Å². The Morgan fingerprint density at radius 3 is 2.54 bits per heavy atom. The monoisotopic (exact) mass is 475 g/mol. The number of nitrogens with zero attached hydrogens (tertiary/aromatic N) is 4. The Morgan fingerprint density at radius 1 is 1.09 bits per heavy atom. The molecule has 0 radical (unpaired) electrons. The lowest BCUT2D eigenvalue weighted by Crippen LogP contribution is -2.25. The average molecular weight is 476 g/mol. The third-order valence-corrected chi connectivity index (χ3v) is 6.43. The summed E-state index contributed by atoms with van der Waals surface area (Å²) in [6, 6.07) is 16.6. The van der Waals surface area contributed by atoms with Crippen molar-refractivity contribution >= 4 is 17.5 Å². The highest BCUT2D eigenvalue weighted by Crippen LogP contribution is 2.34. The van der Waals surface area contributed by atoms with E-state index < -0.39 is 0 Å². The molecule has 0 saturated carbocycles. The Kier molecular flexibility index (Phi) is 8.55. The molecule has 3 aromatic rings. The predicted molar refractivity (Wildman–Crippen MR) is 141 cm³/mol. The highest BCUT2D eigenvalue weighted by atomic mass is 16.7. The van der Waals surface area contributed by atoms with Gasteiger partial charge in [0.15, 0.2) is 5.82 Å². The summed E-state index contributed by atoms with van der Waals surface area (Å²) >= 11 is 0. The molecule has 2 aromatic carbocycles. The van der Waals surface area contributed by atoms with E-state index in [0.717, 1.165) is 60.9 Å². The fourth-order valence-electron chi connectivity index (χ4n) is 4.59. The minimum absolute atomic E-state index is 0.140. The number of nitrogens with one attached hydrogen (secondary N) is 1. The Hall–Kier alpha value is -3.16. The molecule has 1 aliphatic rings. The molecule has 7 nitrogen and oxygen atoms in total. The predicted octanol–water partition coefficient (Wildman–Crippen LogP) is 5.83. The van der Waals surface area contributed by atoms with Crippen LogP contribution in [0.4, 0.5) is 17.5 Å². The number of benzene rings is 2. The van der Waals surface area contributed by atoms with Gasteiger partial charge in [-0.1, -0.05) is 44.2 Å². The Bertz CT molecular complexity index is 1060. The van der Waals surface area contributed by atoms with E-state index in [0.29, 0.717) is 19.2 Å². The first-order valence-electron chi connectivity index (χ1n) is 12.6. The van der Waals surface area contributed by atoms with E-state index in [2.05, 4.69) is 79.3 Å². The van der Waals surface area contributed by atoms with Gasteiger partial charge in [0.05, 0.1) is 19.3 Å². The molecular formula is C28H37N5O2. The molecule has 2 heterocycles. The fraction of sp³-hybridized carbons (Fsp3) is 0.429. The normalized spacial score (nSPS) is 15.6. The van der Waals surface area contributed by atoms with Crippen LogP contribution in [0.3, 0.4) is 0 Å². The number of rotatable bonds is 11. The Labute approximate surface area is 209 Å². The van der Waals surface area contributed by atoms with Crippen LogP contribution in [0.25, 0.3) is 0 Å². The minimum Gasteiger partial charge on any atom is -0.493 e. The fourth-order valence-corrected chi connectivity index (χ4v) is 4.59. The lowest BCUT2D eigenvalue weighted by atomic mass is 10.0. The van der Waals surface area contributed by atoms with Crippen LogP contribution < -0.4 is 15.1 Å². The van der Waals surface area contributed by atoms with E-state index in [9.17, 15) is 0 Å². The molecule has 1 aliphatic heterocycles. The zero-order valence-electron chi connectivity index (χ0n) is 21.3. The maximum atomic E-state index is 6.14. The van der Waals surface area contributed by atoms with Crippen molar-refractivity contribution in [2.75, 3.05) is 43.2 Å². The van der Waals surface area contributed by atoms with E-state index in [1.54, 1.807) is 6.20 Å². The molecule has 1 atom stereocenters. The third kappa shape index (κ3) is 6.29. The number of ether oxygens (including phenoxy) is 1. The average Bonchev–Trinajstić information content (AvgIpc) is 3.36. The lowest BCUT2D eigenvalue weighted by molar-refractivity contribution is 0.157. The molecule has 1 fully saturated rings. The second-order valence-corrected chi connectivity index (χ2v) is 8.91. The molecule has 4 rings (SSSR count). The number of anilines is 3. The molecule has 1 saturated heterocycles. The second-order valence-electron chi connectivity index (χ2n) is 8.91. The molecule has 0 unspecified atom stereocenters. The number of aryl methyl sites for hydroxylation is 2. The van der Waals surface area contributed by atoms with E-state index in [1.807, 2.05) is 17.2 Å². The molecule has 35 heavy (non-hydrogen) atoms. The van der Waals surface area contributed by atoms with Crippen LogP contribution >= 0.6 is 0 Å². The van der Waals surface area contributed by atoms with Crippen LogP contribution in [0.1, 0.15) is 49.4 Å². The van der Waals surface area contributed by atoms with E-state index in [1.165, 1.54) is 5.56 Å². The zero-order valence-corrected chi connectivity index (χ0v) is 21.3. The van der Waals surface area contributed by atoms with Crippen molar-refractivity contribution in [3.05, 3.63) is 71.4 Å². The molecule has 0 spiro atoms. The van der Waals surface area contributed by atoms with Gasteiger partial charge in [-0.25, -0.2) is 10.0 Å². The zero-order chi connectivity index (χ0) is 24.6. The van der Waals surface area contributed by atoms with Crippen LogP contribution in [-0.4, -0.2) is 47.7 Å². The van der Waals surface area contributed by atoms with Crippen molar-refractivity contribution in [3.8, 4) is 5.75 Å². The highest BCUT2D eigenvalue weighted by molar-refractivity contribution is 5.61. The van der Waals surface area contributed by atoms with Crippen molar-refractivity contribution in [2.45, 2.75) is 46.6 Å². The summed E-state index contributed by atoms with van der Waals surface area (Å²) in [4.78, 5) is 17.5. The van der Waals surface area contributed by atoms with Crippen molar-refractivity contribution in [1.29, 1.82) is 0 Å². The summed E-state index contributed by atoms with van der Waals surface area (Å²) in [5.74, 6) is 2.24. The standard InChI is InChI=1S/C28H37N5O2/c1-5-32(6-2)16-10-17-34-27-21(3)19-24(20-22(27)4)30-28-29-15-13-26(31-28)33-25(14-18-35-33)23-11-8-7-9-12-23/h7-9,11-13,15,19-20,25H,5-6,10,14,16-18H2,1-4H3,(H,29,30,31)/t25-/m0/s1. The van der Waals surface area contributed by atoms with Gasteiger partial charge in [0.2, 0.25) is 5.95 Å². The maximum Gasteiger partial charge on any atom is 0.229 e. The quantitative estimate of drug-likeness (QED) is 0.350. The van der Waals surface area contributed by atoms with Crippen molar-refractivity contribution in [1.82, 2.24) is 14.9 Å². The number of hydrogen-bond acceptors (Lipinski definition) is 7. The summed E-state index contributed by atoms with van der Waals surface area (Å²) in [6.07, 6.45) is 3.71. The SMILES string of the molecule is CCN(CC)CCCOc1c(C)cc(Nc2nccc(N3OCC[C@H]3c3ccccc3)n2)cc1C. The first-order valence-corrected chi connectivity index (χ1v) is 12.6. The first-order chi connectivity index (χ1) is 17.1. The summed E-state index contributed by atoms with van der Waals surface area (Å²) in [5.41, 5.74) is 4.35. The summed E-state index contributed by atoms with van der Waals surface area (Å²) in [5, 5.41) is 5.26. The van der Waals surface area contributed by atoms with E-state index >= 15 is 0 Å². The van der Waals surface area contributed by atoms with Crippen molar-refractivity contribution < 1.29 is 9.57 Å². The number of hydrogen-bond donors (Lipinski definition) is 1.